The molecule has 0 saturated carbocycles. The van der Waals surface area contributed by atoms with Crippen molar-refractivity contribution in [3.05, 3.63) is 142 Å². The van der Waals surface area contributed by atoms with Gasteiger partial charge in [0.05, 0.1) is 11.1 Å². The molecule has 0 fully saturated rings. The standard InChI is InChI=1S/C37H25F7/c1-3-4-5-22-6-9-24(10-7-22)25-11-13-29(31(39)17-25)26-14-21(2)28(30(38)18-26)12-8-23-15-32(40)36(33(41)16-23)27-19-34(42)37(44)35(43)20-27/h6-7,9-11,13-20H,3-5H2,1-2H3. The summed E-state index contributed by atoms with van der Waals surface area (Å²) in [6, 6.07) is 18.0. The molecule has 0 bridgehead atoms. The Labute approximate surface area is 250 Å². The van der Waals surface area contributed by atoms with Gasteiger partial charge in [-0.15, -0.1) is 0 Å². The third kappa shape index (κ3) is 6.40. The van der Waals surface area contributed by atoms with E-state index in [-0.39, 0.29) is 16.7 Å². The molecule has 5 rings (SSSR count). The Bertz CT molecular complexity index is 1860. The van der Waals surface area contributed by atoms with Crippen molar-refractivity contribution in [2.24, 2.45) is 0 Å². The molecule has 5 aromatic rings. The van der Waals surface area contributed by atoms with Gasteiger partial charge in [0.1, 0.15) is 23.3 Å². The van der Waals surface area contributed by atoms with Crippen molar-refractivity contribution >= 4 is 0 Å². The Kier molecular flexibility index (Phi) is 8.91. The van der Waals surface area contributed by atoms with E-state index in [1.54, 1.807) is 25.1 Å². The molecule has 0 radical (unpaired) electrons. The highest BCUT2D eigenvalue weighted by molar-refractivity contribution is 5.73. The van der Waals surface area contributed by atoms with Crippen LogP contribution in [0, 0.1) is 59.5 Å². The molecule has 0 N–H and O–H groups in total. The molecule has 0 aliphatic rings. The van der Waals surface area contributed by atoms with Crippen LogP contribution in [0.5, 0.6) is 0 Å². The molecule has 0 aromatic heterocycles. The summed E-state index contributed by atoms with van der Waals surface area (Å²) in [5.74, 6) is -3.58. The predicted octanol–water partition coefficient (Wildman–Crippen LogP) is 10.7. The van der Waals surface area contributed by atoms with E-state index in [9.17, 15) is 22.0 Å². The van der Waals surface area contributed by atoms with Gasteiger partial charge in [-0.25, -0.2) is 30.7 Å². The van der Waals surface area contributed by atoms with Crippen LogP contribution in [0.1, 0.15) is 42.0 Å². The number of rotatable bonds is 6. The lowest BCUT2D eigenvalue weighted by Crippen LogP contribution is -1.97. The maximum Gasteiger partial charge on any atom is 0.194 e. The molecule has 0 atom stereocenters. The van der Waals surface area contributed by atoms with Crippen molar-refractivity contribution < 1.29 is 30.7 Å². The Morgan fingerprint density at radius 3 is 1.73 bits per heavy atom. The summed E-state index contributed by atoms with van der Waals surface area (Å²) in [6.07, 6.45) is 3.18. The molecule has 0 aliphatic heterocycles. The van der Waals surface area contributed by atoms with Gasteiger partial charge in [0, 0.05) is 11.1 Å². The molecule has 222 valence electrons. The first kappa shape index (κ1) is 30.6. The lowest BCUT2D eigenvalue weighted by molar-refractivity contribution is 0.447. The highest BCUT2D eigenvalue weighted by Gasteiger charge is 2.18. The van der Waals surface area contributed by atoms with Gasteiger partial charge in [-0.3, -0.25) is 0 Å². The molecule has 44 heavy (non-hydrogen) atoms. The van der Waals surface area contributed by atoms with Crippen molar-refractivity contribution in [1.82, 2.24) is 0 Å². The molecule has 0 saturated heterocycles. The van der Waals surface area contributed by atoms with E-state index in [4.69, 9.17) is 0 Å². The second-order valence-electron chi connectivity index (χ2n) is 10.5. The molecule has 0 heterocycles. The van der Waals surface area contributed by atoms with Crippen molar-refractivity contribution in [2.75, 3.05) is 0 Å². The van der Waals surface area contributed by atoms with E-state index in [0.717, 1.165) is 43.0 Å². The third-order valence-electron chi connectivity index (χ3n) is 7.32. The Balaban J connectivity index is 1.40. The molecule has 0 nitrogen and oxygen atoms in total. The Morgan fingerprint density at radius 1 is 0.545 bits per heavy atom. The predicted molar refractivity (Wildman–Crippen MR) is 158 cm³/mol. The van der Waals surface area contributed by atoms with E-state index < -0.39 is 51.8 Å². The molecular weight excluding hydrogens is 577 g/mol. The van der Waals surface area contributed by atoms with E-state index in [1.165, 1.54) is 11.6 Å². The van der Waals surface area contributed by atoms with Gasteiger partial charge < -0.3 is 0 Å². The summed E-state index contributed by atoms with van der Waals surface area (Å²) in [6.45, 7) is 3.71. The zero-order valence-corrected chi connectivity index (χ0v) is 23.8. The third-order valence-corrected chi connectivity index (χ3v) is 7.32. The second kappa shape index (κ2) is 12.8. The molecule has 0 aliphatic carbocycles. The monoisotopic (exact) mass is 602 g/mol. The Hall–Kier alpha value is -4.83. The fourth-order valence-corrected chi connectivity index (χ4v) is 4.99. The summed E-state index contributed by atoms with van der Waals surface area (Å²) >= 11 is 0. The largest absolute Gasteiger partial charge is 0.206 e. The number of halogens is 7. The number of hydrogen-bond acceptors (Lipinski definition) is 0. The fourth-order valence-electron chi connectivity index (χ4n) is 4.99. The molecule has 0 unspecified atom stereocenters. The van der Waals surface area contributed by atoms with Gasteiger partial charge in [0.2, 0.25) is 0 Å². The molecule has 0 spiro atoms. The first-order valence-corrected chi connectivity index (χ1v) is 13.9. The minimum absolute atomic E-state index is 0.0542. The fraction of sp³-hybridized carbons (Fsp3) is 0.135. The van der Waals surface area contributed by atoms with Crippen LogP contribution >= 0.6 is 0 Å². The van der Waals surface area contributed by atoms with Crippen molar-refractivity contribution in [3.63, 3.8) is 0 Å². The van der Waals surface area contributed by atoms with Crippen LogP contribution < -0.4 is 0 Å². The highest BCUT2D eigenvalue weighted by atomic mass is 19.2. The van der Waals surface area contributed by atoms with Crippen molar-refractivity contribution in [1.29, 1.82) is 0 Å². The number of hydrogen-bond donors (Lipinski definition) is 0. The van der Waals surface area contributed by atoms with Crippen LogP contribution in [0.4, 0.5) is 30.7 Å². The van der Waals surface area contributed by atoms with Crippen LogP contribution in [0.25, 0.3) is 33.4 Å². The topological polar surface area (TPSA) is 0 Å². The average Bonchev–Trinajstić information content (AvgIpc) is 2.98. The number of aryl methyl sites for hydroxylation is 2. The van der Waals surface area contributed by atoms with E-state index >= 15 is 8.78 Å². The lowest BCUT2D eigenvalue weighted by Gasteiger charge is -2.10. The minimum Gasteiger partial charge on any atom is -0.206 e. The van der Waals surface area contributed by atoms with Gasteiger partial charge in [0.25, 0.3) is 0 Å². The average molecular weight is 603 g/mol. The van der Waals surface area contributed by atoms with Crippen LogP contribution in [0.2, 0.25) is 0 Å². The smallest absolute Gasteiger partial charge is 0.194 e. The maximum atomic E-state index is 15.2. The van der Waals surface area contributed by atoms with Crippen molar-refractivity contribution in [2.45, 2.75) is 33.1 Å². The number of unbranched alkanes of at least 4 members (excludes halogenated alkanes) is 1. The zero-order chi connectivity index (χ0) is 31.5. The second-order valence-corrected chi connectivity index (χ2v) is 10.5. The van der Waals surface area contributed by atoms with Crippen LogP contribution in [-0.2, 0) is 6.42 Å². The van der Waals surface area contributed by atoms with Gasteiger partial charge in [-0.05, 0) is 95.6 Å². The summed E-state index contributed by atoms with van der Waals surface area (Å²) in [5, 5.41) is 0. The molecule has 0 amide bonds. The lowest BCUT2D eigenvalue weighted by atomic mass is 9.96. The minimum atomic E-state index is -1.76. The summed E-state index contributed by atoms with van der Waals surface area (Å²) in [5.41, 5.74) is 2.10. The first-order valence-electron chi connectivity index (χ1n) is 13.9. The van der Waals surface area contributed by atoms with Gasteiger partial charge in [-0.1, -0.05) is 61.6 Å². The maximum absolute atomic E-state index is 15.2. The normalized spacial score (nSPS) is 10.9. The Morgan fingerprint density at radius 2 is 1.14 bits per heavy atom. The van der Waals surface area contributed by atoms with Gasteiger partial charge in [-0.2, -0.15) is 0 Å². The van der Waals surface area contributed by atoms with Crippen molar-refractivity contribution in [3.8, 4) is 45.2 Å². The van der Waals surface area contributed by atoms with E-state index in [2.05, 4.69) is 18.8 Å². The van der Waals surface area contributed by atoms with E-state index in [1.807, 2.05) is 24.3 Å². The van der Waals surface area contributed by atoms with Crippen LogP contribution in [0.15, 0.2) is 78.9 Å². The van der Waals surface area contributed by atoms with E-state index in [0.29, 0.717) is 28.8 Å². The number of benzene rings is 5. The summed E-state index contributed by atoms with van der Waals surface area (Å²) < 4.78 is 100. The highest BCUT2D eigenvalue weighted by Crippen LogP contribution is 2.32. The van der Waals surface area contributed by atoms with Gasteiger partial charge >= 0.3 is 0 Å². The quantitative estimate of drug-likeness (QED) is 0.103. The summed E-state index contributed by atoms with van der Waals surface area (Å²) in [7, 11) is 0. The first-order chi connectivity index (χ1) is 21.0. The van der Waals surface area contributed by atoms with Crippen LogP contribution in [-0.4, -0.2) is 0 Å². The molecule has 7 heteroatoms. The molecular formula is C37H25F7. The van der Waals surface area contributed by atoms with Gasteiger partial charge in [0.15, 0.2) is 17.5 Å². The summed E-state index contributed by atoms with van der Waals surface area (Å²) in [4.78, 5) is 0. The SMILES string of the molecule is CCCCc1ccc(-c2ccc(-c3cc(C)c(C#Cc4cc(F)c(-c5cc(F)c(F)c(F)c5)c(F)c4)c(F)c3)c(F)c2)cc1. The molecule has 5 aromatic carbocycles. The zero-order valence-electron chi connectivity index (χ0n) is 23.8. The van der Waals surface area contributed by atoms with Crippen LogP contribution in [0.3, 0.4) is 0 Å².